The first-order valence-corrected chi connectivity index (χ1v) is 6.30. The van der Waals surface area contributed by atoms with Crippen molar-refractivity contribution in [2.75, 3.05) is 5.32 Å². The average molecular weight is 289 g/mol. The van der Waals surface area contributed by atoms with E-state index in [0.29, 0.717) is 11.2 Å². The minimum atomic E-state index is -1.25. The molecule has 0 radical (unpaired) electrons. The standard InChI is InChI=1S/C14H15N3O4/c15-9(13(18)19)7-11(14(20)21)17-10-5-1-3-8-4-2-6-16-12(8)10/h1-6,9,11,17H,7,15H2,(H,18,19)(H,20,21). The summed E-state index contributed by atoms with van der Waals surface area (Å²) in [6.45, 7) is 0. The summed E-state index contributed by atoms with van der Waals surface area (Å²) in [5.41, 5.74) is 6.55. The molecule has 0 aliphatic rings. The number of aromatic nitrogens is 1. The van der Waals surface area contributed by atoms with Gasteiger partial charge in [0.2, 0.25) is 0 Å². The van der Waals surface area contributed by atoms with Crippen molar-refractivity contribution in [1.29, 1.82) is 0 Å². The van der Waals surface area contributed by atoms with E-state index in [1.54, 1.807) is 24.4 Å². The highest BCUT2D eigenvalue weighted by molar-refractivity contribution is 5.92. The SMILES string of the molecule is NC(CC(Nc1cccc2cccnc12)C(=O)O)C(=O)O. The number of anilines is 1. The average Bonchev–Trinajstić information content (AvgIpc) is 2.46. The van der Waals surface area contributed by atoms with Gasteiger partial charge in [-0.3, -0.25) is 9.78 Å². The van der Waals surface area contributed by atoms with Gasteiger partial charge in [0.1, 0.15) is 12.1 Å². The first-order chi connectivity index (χ1) is 9.99. The van der Waals surface area contributed by atoms with Crippen LogP contribution in [0, 0.1) is 0 Å². The molecular formula is C14H15N3O4. The van der Waals surface area contributed by atoms with Crippen molar-refractivity contribution >= 4 is 28.5 Å². The maximum Gasteiger partial charge on any atom is 0.326 e. The Bertz CT molecular complexity index is 669. The number of nitrogens with zero attached hydrogens (tertiary/aromatic N) is 1. The number of aliphatic carboxylic acids is 2. The first kappa shape index (κ1) is 14.7. The van der Waals surface area contributed by atoms with Crippen LogP contribution in [-0.4, -0.2) is 39.2 Å². The molecular weight excluding hydrogens is 274 g/mol. The van der Waals surface area contributed by atoms with E-state index in [1.807, 2.05) is 12.1 Å². The number of carbonyl (C=O) groups is 2. The lowest BCUT2D eigenvalue weighted by molar-refractivity contribution is -0.140. The number of benzene rings is 1. The molecule has 7 heteroatoms. The van der Waals surface area contributed by atoms with Gasteiger partial charge in [0.25, 0.3) is 0 Å². The van der Waals surface area contributed by atoms with Crippen molar-refractivity contribution in [1.82, 2.24) is 4.98 Å². The third-order valence-electron chi connectivity index (χ3n) is 3.07. The molecule has 2 unspecified atom stereocenters. The second-order valence-corrected chi connectivity index (χ2v) is 4.60. The van der Waals surface area contributed by atoms with Crippen molar-refractivity contribution in [3.05, 3.63) is 36.5 Å². The van der Waals surface area contributed by atoms with Gasteiger partial charge in [0, 0.05) is 18.0 Å². The van der Waals surface area contributed by atoms with Crippen molar-refractivity contribution in [3.8, 4) is 0 Å². The summed E-state index contributed by atoms with van der Waals surface area (Å²) >= 11 is 0. The van der Waals surface area contributed by atoms with Crippen LogP contribution >= 0.6 is 0 Å². The van der Waals surface area contributed by atoms with Crippen molar-refractivity contribution in [2.24, 2.45) is 5.73 Å². The predicted molar refractivity (Wildman–Crippen MR) is 77.0 cm³/mol. The predicted octanol–water partition coefficient (Wildman–Crippen LogP) is 0.902. The Morgan fingerprint density at radius 1 is 1.19 bits per heavy atom. The molecule has 0 amide bonds. The van der Waals surface area contributed by atoms with E-state index in [4.69, 9.17) is 10.8 Å². The van der Waals surface area contributed by atoms with E-state index in [9.17, 15) is 14.7 Å². The summed E-state index contributed by atoms with van der Waals surface area (Å²) in [5, 5.41) is 21.7. The number of pyridine rings is 1. The lowest BCUT2D eigenvalue weighted by atomic mass is 10.1. The van der Waals surface area contributed by atoms with Gasteiger partial charge in [0.05, 0.1) is 11.2 Å². The van der Waals surface area contributed by atoms with Crippen LogP contribution in [0.15, 0.2) is 36.5 Å². The number of nitrogens with two attached hydrogens (primary N) is 1. The minimum absolute atomic E-state index is 0.228. The monoisotopic (exact) mass is 289 g/mol. The molecule has 0 aliphatic carbocycles. The Morgan fingerprint density at radius 2 is 1.90 bits per heavy atom. The Balaban J connectivity index is 2.27. The number of fused-ring (bicyclic) bond motifs is 1. The van der Waals surface area contributed by atoms with E-state index in [1.165, 1.54) is 0 Å². The Morgan fingerprint density at radius 3 is 2.57 bits per heavy atom. The van der Waals surface area contributed by atoms with E-state index < -0.39 is 24.0 Å². The van der Waals surface area contributed by atoms with E-state index >= 15 is 0 Å². The quantitative estimate of drug-likeness (QED) is 0.622. The third kappa shape index (κ3) is 3.46. The zero-order chi connectivity index (χ0) is 15.4. The van der Waals surface area contributed by atoms with Crippen LogP contribution in [0.2, 0.25) is 0 Å². The number of carboxylic acids is 2. The fourth-order valence-corrected chi connectivity index (χ4v) is 1.98. The molecule has 1 aromatic heterocycles. The summed E-state index contributed by atoms with van der Waals surface area (Å²) in [5.74, 6) is -2.40. The second-order valence-electron chi connectivity index (χ2n) is 4.60. The lowest BCUT2D eigenvalue weighted by Crippen LogP contribution is -2.40. The molecule has 5 N–H and O–H groups in total. The Hall–Kier alpha value is -2.67. The third-order valence-corrected chi connectivity index (χ3v) is 3.07. The number of hydrogen-bond donors (Lipinski definition) is 4. The van der Waals surface area contributed by atoms with E-state index in [0.717, 1.165) is 5.39 Å². The van der Waals surface area contributed by atoms with E-state index in [-0.39, 0.29) is 6.42 Å². The lowest BCUT2D eigenvalue weighted by Gasteiger charge is -2.18. The van der Waals surface area contributed by atoms with Crippen molar-refractivity contribution in [3.63, 3.8) is 0 Å². The van der Waals surface area contributed by atoms with Crippen LogP contribution in [0.1, 0.15) is 6.42 Å². The van der Waals surface area contributed by atoms with Gasteiger partial charge < -0.3 is 21.3 Å². The molecule has 1 heterocycles. The van der Waals surface area contributed by atoms with Crippen LogP contribution in [0.25, 0.3) is 10.9 Å². The molecule has 2 atom stereocenters. The topological polar surface area (TPSA) is 126 Å². The molecule has 110 valence electrons. The highest BCUT2D eigenvalue weighted by Crippen LogP contribution is 2.22. The number of carboxylic acid groups (broad SMARTS) is 2. The maximum absolute atomic E-state index is 11.3. The van der Waals surface area contributed by atoms with Gasteiger partial charge in [-0.15, -0.1) is 0 Å². The van der Waals surface area contributed by atoms with Gasteiger partial charge in [-0.25, -0.2) is 4.79 Å². The molecule has 0 saturated carbocycles. The minimum Gasteiger partial charge on any atom is -0.480 e. The van der Waals surface area contributed by atoms with Crippen molar-refractivity contribution in [2.45, 2.75) is 18.5 Å². The molecule has 0 fully saturated rings. The number of hydrogen-bond acceptors (Lipinski definition) is 5. The molecule has 0 saturated heterocycles. The molecule has 1 aromatic carbocycles. The second kappa shape index (κ2) is 6.19. The van der Waals surface area contributed by atoms with E-state index in [2.05, 4.69) is 10.3 Å². The smallest absolute Gasteiger partial charge is 0.326 e. The van der Waals surface area contributed by atoms with Crippen molar-refractivity contribution < 1.29 is 19.8 Å². The fourth-order valence-electron chi connectivity index (χ4n) is 1.98. The Kier molecular flexibility index (Phi) is 4.34. The van der Waals surface area contributed by atoms with Crippen LogP contribution in [0.5, 0.6) is 0 Å². The largest absolute Gasteiger partial charge is 0.480 e. The number of nitrogens with one attached hydrogen (secondary N) is 1. The maximum atomic E-state index is 11.3. The Labute approximate surface area is 120 Å². The fraction of sp³-hybridized carbons (Fsp3) is 0.214. The van der Waals surface area contributed by atoms with Gasteiger partial charge >= 0.3 is 11.9 Å². The molecule has 2 rings (SSSR count). The zero-order valence-corrected chi connectivity index (χ0v) is 11.1. The normalized spacial score (nSPS) is 13.6. The molecule has 0 spiro atoms. The van der Waals surface area contributed by atoms with Crippen LogP contribution in [0.4, 0.5) is 5.69 Å². The van der Waals surface area contributed by atoms with Gasteiger partial charge in [-0.1, -0.05) is 18.2 Å². The van der Waals surface area contributed by atoms with Gasteiger partial charge in [-0.05, 0) is 12.1 Å². The molecule has 21 heavy (non-hydrogen) atoms. The molecule has 7 nitrogen and oxygen atoms in total. The highest BCUT2D eigenvalue weighted by atomic mass is 16.4. The summed E-state index contributed by atoms with van der Waals surface area (Å²) in [6, 6.07) is 6.59. The molecule has 0 bridgehead atoms. The molecule has 0 aliphatic heterocycles. The summed E-state index contributed by atoms with van der Waals surface area (Å²) < 4.78 is 0. The number of rotatable bonds is 6. The summed E-state index contributed by atoms with van der Waals surface area (Å²) in [7, 11) is 0. The molecule has 2 aromatic rings. The van der Waals surface area contributed by atoms with Gasteiger partial charge in [-0.2, -0.15) is 0 Å². The van der Waals surface area contributed by atoms with Crippen LogP contribution in [-0.2, 0) is 9.59 Å². The number of para-hydroxylation sites is 1. The van der Waals surface area contributed by atoms with Gasteiger partial charge in [0.15, 0.2) is 0 Å². The van der Waals surface area contributed by atoms with Crippen LogP contribution in [0.3, 0.4) is 0 Å². The first-order valence-electron chi connectivity index (χ1n) is 6.30. The highest BCUT2D eigenvalue weighted by Gasteiger charge is 2.24. The summed E-state index contributed by atoms with van der Waals surface area (Å²) in [4.78, 5) is 26.2. The summed E-state index contributed by atoms with van der Waals surface area (Å²) in [6.07, 6.45) is 1.38. The van der Waals surface area contributed by atoms with Crippen LogP contribution < -0.4 is 11.1 Å². The zero-order valence-electron chi connectivity index (χ0n) is 11.1.